The minimum atomic E-state index is 0.671. The maximum Gasteiger partial charge on any atom is 0.119 e. The SMILES string of the molecule is CN1CCCC1CCOc1ccc(Cc2c(-c3ccc(OCCN4CCCC4)cc3)sc3ccccc23)cc1. The van der Waals surface area contributed by atoms with Crippen molar-refractivity contribution in [1.82, 2.24) is 9.80 Å². The fourth-order valence-corrected chi connectivity index (χ4v) is 7.30. The largest absolute Gasteiger partial charge is 0.494 e. The molecule has 3 heterocycles. The van der Waals surface area contributed by atoms with Crippen molar-refractivity contribution in [2.24, 2.45) is 0 Å². The summed E-state index contributed by atoms with van der Waals surface area (Å²) in [7, 11) is 2.23. The van der Waals surface area contributed by atoms with Crippen molar-refractivity contribution in [1.29, 1.82) is 0 Å². The summed E-state index contributed by atoms with van der Waals surface area (Å²) >= 11 is 1.89. The number of fused-ring (bicyclic) bond motifs is 1. The number of nitrogens with zero attached hydrogens (tertiary/aromatic N) is 2. The molecule has 6 rings (SSSR count). The maximum absolute atomic E-state index is 6.10. The van der Waals surface area contributed by atoms with Crippen LogP contribution in [0.3, 0.4) is 0 Å². The standard InChI is InChI=1S/C34H40N2O2S/c1-35-19-6-7-28(35)18-23-37-29-14-10-26(11-15-29)25-32-31-8-2-3-9-33(31)39-34(32)27-12-16-30(17-13-27)38-24-22-36-20-4-5-21-36/h2-3,8-17,28H,4-7,18-25H2,1H3. The Bertz CT molecular complexity index is 1340. The molecular weight excluding hydrogens is 500 g/mol. The molecule has 1 unspecified atom stereocenters. The van der Waals surface area contributed by atoms with Gasteiger partial charge in [-0.2, -0.15) is 0 Å². The third-order valence-corrected chi connectivity index (χ3v) is 9.65. The minimum absolute atomic E-state index is 0.671. The van der Waals surface area contributed by atoms with Gasteiger partial charge in [-0.05, 0) is 130 Å². The molecule has 0 saturated carbocycles. The quantitative estimate of drug-likeness (QED) is 0.197. The molecule has 1 aromatic heterocycles. The van der Waals surface area contributed by atoms with Crippen LogP contribution >= 0.6 is 11.3 Å². The molecule has 39 heavy (non-hydrogen) atoms. The molecule has 0 spiro atoms. The van der Waals surface area contributed by atoms with Crippen molar-refractivity contribution in [2.45, 2.75) is 44.6 Å². The molecule has 3 aromatic carbocycles. The van der Waals surface area contributed by atoms with E-state index in [4.69, 9.17) is 9.47 Å². The predicted octanol–water partition coefficient (Wildman–Crippen LogP) is 7.50. The van der Waals surface area contributed by atoms with Crippen molar-refractivity contribution in [2.75, 3.05) is 46.4 Å². The summed E-state index contributed by atoms with van der Waals surface area (Å²) in [5.74, 6) is 1.92. The van der Waals surface area contributed by atoms with Gasteiger partial charge >= 0.3 is 0 Å². The van der Waals surface area contributed by atoms with Crippen LogP contribution in [0.1, 0.15) is 43.2 Å². The van der Waals surface area contributed by atoms with E-state index in [1.54, 1.807) is 0 Å². The van der Waals surface area contributed by atoms with Crippen LogP contribution in [0.5, 0.6) is 11.5 Å². The van der Waals surface area contributed by atoms with Gasteiger partial charge in [-0.1, -0.05) is 30.3 Å². The van der Waals surface area contributed by atoms with Crippen molar-refractivity contribution in [3.05, 3.63) is 83.9 Å². The lowest BCUT2D eigenvalue weighted by Crippen LogP contribution is -2.26. The fourth-order valence-electron chi connectivity index (χ4n) is 6.07. The third kappa shape index (κ3) is 6.49. The molecule has 2 fully saturated rings. The topological polar surface area (TPSA) is 24.9 Å². The summed E-state index contributed by atoms with van der Waals surface area (Å²) in [5.41, 5.74) is 3.97. The van der Waals surface area contributed by atoms with Gasteiger partial charge in [0.25, 0.3) is 0 Å². The van der Waals surface area contributed by atoms with E-state index >= 15 is 0 Å². The molecule has 2 saturated heterocycles. The summed E-state index contributed by atoms with van der Waals surface area (Å²) in [4.78, 5) is 6.30. The molecule has 5 heteroatoms. The number of ether oxygens (including phenoxy) is 2. The minimum Gasteiger partial charge on any atom is -0.494 e. The second-order valence-electron chi connectivity index (χ2n) is 11.1. The molecule has 2 aliphatic heterocycles. The Hall–Kier alpha value is -2.86. The van der Waals surface area contributed by atoms with Crippen LogP contribution in [0.2, 0.25) is 0 Å². The van der Waals surface area contributed by atoms with Crippen LogP contribution in [0.25, 0.3) is 20.5 Å². The lowest BCUT2D eigenvalue weighted by molar-refractivity contribution is 0.233. The van der Waals surface area contributed by atoms with Crippen molar-refractivity contribution in [3.8, 4) is 21.9 Å². The van der Waals surface area contributed by atoms with E-state index < -0.39 is 0 Å². The van der Waals surface area contributed by atoms with Gasteiger partial charge < -0.3 is 14.4 Å². The fraction of sp³-hybridized carbons (Fsp3) is 0.412. The number of thiophene rings is 1. The van der Waals surface area contributed by atoms with Crippen LogP contribution < -0.4 is 9.47 Å². The lowest BCUT2D eigenvalue weighted by atomic mass is 9.99. The molecule has 0 bridgehead atoms. The normalized spacial score (nSPS) is 18.2. The Balaban J connectivity index is 1.12. The van der Waals surface area contributed by atoms with Crippen LogP contribution in [-0.2, 0) is 6.42 Å². The average Bonchev–Trinajstić information content (AvgIpc) is 3.72. The van der Waals surface area contributed by atoms with Gasteiger partial charge in [-0.15, -0.1) is 11.3 Å². The molecule has 0 N–H and O–H groups in total. The van der Waals surface area contributed by atoms with Gasteiger partial charge in [0, 0.05) is 22.2 Å². The third-order valence-electron chi connectivity index (χ3n) is 8.39. The molecule has 4 nitrogen and oxygen atoms in total. The first kappa shape index (κ1) is 26.4. The summed E-state index contributed by atoms with van der Waals surface area (Å²) in [5, 5.41) is 1.35. The Morgan fingerprint density at radius 3 is 2.26 bits per heavy atom. The van der Waals surface area contributed by atoms with Crippen molar-refractivity contribution < 1.29 is 9.47 Å². The molecule has 2 aliphatic rings. The van der Waals surface area contributed by atoms with E-state index in [-0.39, 0.29) is 0 Å². The zero-order chi connectivity index (χ0) is 26.4. The lowest BCUT2D eigenvalue weighted by Gasteiger charge is -2.19. The van der Waals surface area contributed by atoms with E-state index in [0.717, 1.165) is 44.1 Å². The smallest absolute Gasteiger partial charge is 0.119 e. The molecule has 0 radical (unpaired) electrons. The Morgan fingerprint density at radius 2 is 1.51 bits per heavy atom. The summed E-state index contributed by atoms with van der Waals surface area (Å²) in [6, 6.07) is 26.9. The molecular formula is C34H40N2O2S. The van der Waals surface area contributed by atoms with Crippen LogP contribution in [0, 0.1) is 0 Å². The van der Waals surface area contributed by atoms with Gasteiger partial charge in [0.15, 0.2) is 0 Å². The molecule has 1 atom stereocenters. The van der Waals surface area contributed by atoms with Gasteiger partial charge in [0.2, 0.25) is 0 Å². The van der Waals surface area contributed by atoms with Crippen LogP contribution in [0.4, 0.5) is 0 Å². The summed E-state index contributed by atoms with van der Waals surface area (Å²) in [6.07, 6.45) is 7.26. The number of likely N-dealkylation sites (tertiary alicyclic amines) is 2. The average molecular weight is 541 g/mol. The molecule has 0 aliphatic carbocycles. The van der Waals surface area contributed by atoms with Gasteiger partial charge in [-0.25, -0.2) is 0 Å². The number of benzene rings is 3. The van der Waals surface area contributed by atoms with Crippen molar-refractivity contribution >= 4 is 21.4 Å². The van der Waals surface area contributed by atoms with Crippen molar-refractivity contribution in [3.63, 3.8) is 0 Å². The zero-order valence-electron chi connectivity index (χ0n) is 23.1. The summed E-state index contributed by atoms with van der Waals surface area (Å²) < 4.78 is 13.5. The predicted molar refractivity (Wildman–Crippen MR) is 163 cm³/mol. The second kappa shape index (κ2) is 12.5. The van der Waals surface area contributed by atoms with E-state index in [1.807, 2.05) is 11.3 Å². The second-order valence-corrected chi connectivity index (χ2v) is 12.1. The Morgan fingerprint density at radius 1 is 0.795 bits per heavy atom. The number of hydrogen-bond donors (Lipinski definition) is 0. The monoisotopic (exact) mass is 540 g/mol. The van der Waals surface area contributed by atoms with Crippen LogP contribution in [0.15, 0.2) is 72.8 Å². The Kier molecular flexibility index (Phi) is 8.48. The number of rotatable bonds is 11. The Labute approximate surface area is 237 Å². The highest BCUT2D eigenvalue weighted by atomic mass is 32.1. The first-order chi connectivity index (χ1) is 19.2. The maximum atomic E-state index is 6.10. The highest BCUT2D eigenvalue weighted by molar-refractivity contribution is 7.22. The van der Waals surface area contributed by atoms with Gasteiger partial charge in [0.1, 0.15) is 18.1 Å². The zero-order valence-corrected chi connectivity index (χ0v) is 23.9. The van der Waals surface area contributed by atoms with E-state index in [2.05, 4.69) is 89.6 Å². The van der Waals surface area contributed by atoms with Gasteiger partial charge in [-0.3, -0.25) is 4.90 Å². The first-order valence-electron chi connectivity index (χ1n) is 14.6. The summed E-state index contributed by atoms with van der Waals surface area (Å²) in [6.45, 7) is 6.20. The van der Waals surface area contributed by atoms with E-state index in [1.165, 1.54) is 77.0 Å². The molecule has 204 valence electrons. The molecule has 0 amide bonds. The molecule has 4 aromatic rings. The first-order valence-corrected chi connectivity index (χ1v) is 15.4. The van der Waals surface area contributed by atoms with E-state index in [9.17, 15) is 0 Å². The highest BCUT2D eigenvalue weighted by Gasteiger charge is 2.20. The number of hydrogen-bond acceptors (Lipinski definition) is 5. The van der Waals surface area contributed by atoms with Gasteiger partial charge in [0.05, 0.1) is 6.61 Å². The van der Waals surface area contributed by atoms with E-state index in [0.29, 0.717) is 6.04 Å². The highest BCUT2D eigenvalue weighted by Crippen LogP contribution is 2.40. The van der Waals surface area contributed by atoms with Crippen LogP contribution in [-0.4, -0.2) is 62.3 Å².